The van der Waals surface area contributed by atoms with Crippen LogP contribution in [-0.4, -0.2) is 13.7 Å². The second kappa shape index (κ2) is 7.68. The predicted octanol–water partition coefficient (Wildman–Crippen LogP) is 5.31. The average Bonchev–Trinajstić information content (AvgIpc) is 2.47. The van der Waals surface area contributed by atoms with Crippen LogP contribution in [0.15, 0.2) is 36.4 Å². The molecule has 0 aliphatic heterocycles. The summed E-state index contributed by atoms with van der Waals surface area (Å²) < 4.78 is 6.67. The molecule has 1 N–H and O–H groups in total. The lowest BCUT2D eigenvalue weighted by Gasteiger charge is -2.20. The number of benzene rings is 2. The van der Waals surface area contributed by atoms with Crippen molar-refractivity contribution >= 4 is 45.8 Å². The minimum absolute atomic E-state index is 0.0114. The molecule has 1 unspecified atom stereocenters. The van der Waals surface area contributed by atoms with Crippen molar-refractivity contribution in [1.29, 1.82) is 0 Å². The van der Waals surface area contributed by atoms with E-state index in [4.69, 9.17) is 27.9 Å². The van der Waals surface area contributed by atoms with Crippen molar-refractivity contribution in [2.24, 2.45) is 0 Å². The summed E-state index contributed by atoms with van der Waals surface area (Å²) in [5.74, 6) is 0.616. The Kier molecular flexibility index (Phi) is 6.17. The quantitative estimate of drug-likeness (QED) is 0.643. The van der Waals surface area contributed by atoms with Crippen molar-refractivity contribution in [3.8, 4) is 5.75 Å². The molecule has 2 rings (SSSR count). The zero-order chi connectivity index (χ0) is 15.4. The molecular weight excluding hydrogens is 420 g/mol. The van der Waals surface area contributed by atoms with Crippen LogP contribution in [0.25, 0.3) is 0 Å². The largest absolute Gasteiger partial charge is 0.492 e. The zero-order valence-corrected chi connectivity index (χ0v) is 15.5. The minimum Gasteiger partial charge on any atom is -0.492 e. The highest BCUT2D eigenvalue weighted by Crippen LogP contribution is 2.36. The van der Waals surface area contributed by atoms with E-state index in [1.807, 2.05) is 20.0 Å². The molecule has 0 amide bonds. The molecule has 0 spiro atoms. The molecule has 0 aliphatic rings. The van der Waals surface area contributed by atoms with Gasteiger partial charge in [0.25, 0.3) is 0 Å². The van der Waals surface area contributed by atoms with E-state index in [0.29, 0.717) is 22.4 Å². The molecule has 2 aromatic carbocycles. The van der Waals surface area contributed by atoms with Gasteiger partial charge in [0.1, 0.15) is 5.75 Å². The van der Waals surface area contributed by atoms with Gasteiger partial charge in [0.2, 0.25) is 0 Å². The van der Waals surface area contributed by atoms with Gasteiger partial charge in [-0.15, -0.1) is 0 Å². The second-order valence-electron chi connectivity index (χ2n) is 4.51. The van der Waals surface area contributed by atoms with Crippen LogP contribution in [0, 0.1) is 3.57 Å². The van der Waals surface area contributed by atoms with Crippen LogP contribution < -0.4 is 10.1 Å². The molecule has 0 radical (unpaired) electrons. The number of nitrogens with one attached hydrogen (secondary N) is 1. The van der Waals surface area contributed by atoms with Crippen LogP contribution in [0.3, 0.4) is 0 Å². The first kappa shape index (κ1) is 16.9. The lowest BCUT2D eigenvalue weighted by atomic mass is 9.98. The second-order valence-corrected chi connectivity index (χ2v) is 6.57. The molecule has 0 saturated heterocycles. The third-order valence-corrected chi connectivity index (χ3v) is 4.50. The Hall–Kier alpha value is -0.490. The van der Waals surface area contributed by atoms with Crippen molar-refractivity contribution < 1.29 is 4.74 Å². The topological polar surface area (TPSA) is 21.3 Å². The standard InChI is InChI=1S/C16H16Cl2INO/c1-3-21-15-9-13(17)12(8-14(15)18)16(20-2)10-4-6-11(19)7-5-10/h4-9,16,20H,3H2,1-2H3. The summed E-state index contributed by atoms with van der Waals surface area (Å²) in [6.45, 7) is 2.47. The van der Waals surface area contributed by atoms with Gasteiger partial charge in [0, 0.05) is 14.7 Å². The van der Waals surface area contributed by atoms with Gasteiger partial charge in [-0.2, -0.15) is 0 Å². The molecule has 0 bridgehead atoms. The highest BCUT2D eigenvalue weighted by molar-refractivity contribution is 14.1. The average molecular weight is 436 g/mol. The van der Waals surface area contributed by atoms with E-state index in [9.17, 15) is 0 Å². The molecule has 0 heterocycles. The first-order valence-corrected chi connectivity index (χ1v) is 8.44. The molecule has 0 saturated carbocycles. The lowest BCUT2D eigenvalue weighted by Crippen LogP contribution is -2.18. The molecule has 0 aromatic heterocycles. The van der Waals surface area contributed by atoms with E-state index in [1.54, 1.807) is 6.07 Å². The number of rotatable bonds is 5. The molecule has 1 atom stereocenters. The molecule has 0 fully saturated rings. The highest BCUT2D eigenvalue weighted by atomic mass is 127. The molecule has 112 valence electrons. The number of ether oxygens (including phenoxy) is 1. The Balaban J connectivity index is 2.42. The van der Waals surface area contributed by atoms with Gasteiger partial charge in [0.05, 0.1) is 17.7 Å². The first-order chi connectivity index (χ1) is 10.1. The Bertz CT molecular complexity index is 616. The van der Waals surface area contributed by atoms with Crippen molar-refractivity contribution in [3.05, 3.63) is 61.1 Å². The Labute approximate surface area is 148 Å². The Morgan fingerprint density at radius 1 is 1.14 bits per heavy atom. The summed E-state index contributed by atoms with van der Waals surface area (Å²) in [6, 6.07) is 12.0. The van der Waals surface area contributed by atoms with Gasteiger partial charge in [0.15, 0.2) is 0 Å². The maximum Gasteiger partial charge on any atom is 0.139 e. The lowest BCUT2D eigenvalue weighted by molar-refractivity contribution is 0.340. The summed E-state index contributed by atoms with van der Waals surface area (Å²) in [5, 5.41) is 4.50. The summed E-state index contributed by atoms with van der Waals surface area (Å²) in [4.78, 5) is 0. The van der Waals surface area contributed by atoms with Gasteiger partial charge in [-0.05, 0) is 65.9 Å². The molecular formula is C16H16Cl2INO. The van der Waals surface area contributed by atoms with Gasteiger partial charge < -0.3 is 10.1 Å². The normalized spacial score (nSPS) is 12.2. The summed E-state index contributed by atoms with van der Waals surface area (Å²) in [7, 11) is 1.91. The monoisotopic (exact) mass is 435 g/mol. The van der Waals surface area contributed by atoms with Gasteiger partial charge in [-0.1, -0.05) is 35.3 Å². The van der Waals surface area contributed by atoms with Crippen LogP contribution >= 0.6 is 45.8 Å². The first-order valence-electron chi connectivity index (χ1n) is 6.61. The van der Waals surface area contributed by atoms with Crippen LogP contribution in [0.1, 0.15) is 24.1 Å². The number of hydrogen-bond acceptors (Lipinski definition) is 2. The summed E-state index contributed by atoms with van der Waals surface area (Å²) in [6.07, 6.45) is 0. The van der Waals surface area contributed by atoms with E-state index < -0.39 is 0 Å². The Morgan fingerprint density at radius 3 is 2.38 bits per heavy atom. The molecule has 2 nitrogen and oxygen atoms in total. The van der Waals surface area contributed by atoms with Crippen LogP contribution in [0.2, 0.25) is 10.0 Å². The van der Waals surface area contributed by atoms with E-state index in [2.05, 4.69) is 52.2 Å². The Morgan fingerprint density at radius 2 is 1.81 bits per heavy atom. The fourth-order valence-electron chi connectivity index (χ4n) is 2.19. The van der Waals surface area contributed by atoms with E-state index in [-0.39, 0.29) is 6.04 Å². The minimum atomic E-state index is -0.0114. The third kappa shape index (κ3) is 4.03. The maximum atomic E-state index is 6.41. The van der Waals surface area contributed by atoms with Gasteiger partial charge >= 0.3 is 0 Å². The highest BCUT2D eigenvalue weighted by Gasteiger charge is 2.18. The van der Waals surface area contributed by atoms with E-state index in [0.717, 1.165) is 11.1 Å². The predicted molar refractivity (Wildman–Crippen MR) is 97.7 cm³/mol. The fraction of sp³-hybridized carbons (Fsp3) is 0.250. The van der Waals surface area contributed by atoms with E-state index >= 15 is 0 Å². The smallest absolute Gasteiger partial charge is 0.139 e. The molecule has 0 aliphatic carbocycles. The van der Waals surface area contributed by atoms with Crippen molar-refractivity contribution in [2.75, 3.05) is 13.7 Å². The molecule has 21 heavy (non-hydrogen) atoms. The maximum absolute atomic E-state index is 6.41. The van der Waals surface area contributed by atoms with Gasteiger partial charge in [-0.25, -0.2) is 0 Å². The molecule has 2 aromatic rings. The van der Waals surface area contributed by atoms with Gasteiger partial charge in [-0.3, -0.25) is 0 Å². The van der Waals surface area contributed by atoms with E-state index in [1.165, 1.54) is 3.57 Å². The summed E-state index contributed by atoms with van der Waals surface area (Å²) in [5.41, 5.74) is 2.08. The van der Waals surface area contributed by atoms with Crippen LogP contribution in [0.4, 0.5) is 0 Å². The fourth-order valence-corrected chi connectivity index (χ4v) is 3.04. The number of halogens is 3. The van der Waals surface area contributed by atoms with Crippen molar-refractivity contribution in [1.82, 2.24) is 5.32 Å². The van der Waals surface area contributed by atoms with Crippen molar-refractivity contribution in [3.63, 3.8) is 0 Å². The van der Waals surface area contributed by atoms with Crippen LogP contribution in [0.5, 0.6) is 5.75 Å². The third-order valence-electron chi connectivity index (χ3n) is 3.15. The molecule has 5 heteroatoms. The van der Waals surface area contributed by atoms with Crippen molar-refractivity contribution in [2.45, 2.75) is 13.0 Å². The number of hydrogen-bond donors (Lipinski definition) is 1. The van der Waals surface area contributed by atoms with Crippen LogP contribution in [-0.2, 0) is 0 Å². The summed E-state index contributed by atoms with van der Waals surface area (Å²) >= 11 is 15.0. The zero-order valence-electron chi connectivity index (χ0n) is 11.8. The SMILES string of the molecule is CCOc1cc(Cl)c(C(NC)c2ccc(I)cc2)cc1Cl.